The number of benzene rings is 1. The molecule has 0 saturated carbocycles. The lowest BCUT2D eigenvalue weighted by molar-refractivity contribution is 0.629. The Hall–Kier alpha value is -2.90. The number of aliphatic imine (C=N–C) groups is 1. The summed E-state index contributed by atoms with van der Waals surface area (Å²) in [5.74, 6) is 2.19. The zero-order chi connectivity index (χ0) is 18.5. The summed E-state index contributed by atoms with van der Waals surface area (Å²) in [5, 5.41) is 15.8. The highest BCUT2D eigenvalue weighted by Gasteiger charge is 2.07. The maximum atomic E-state index is 13.3. The van der Waals surface area contributed by atoms with Crippen LogP contribution < -0.4 is 10.6 Å². The number of hydrogen-bond acceptors (Lipinski definition) is 3. The number of halogens is 1. The van der Waals surface area contributed by atoms with Gasteiger partial charge in [-0.3, -0.25) is 0 Å². The first-order valence-corrected chi connectivity index (χ1v) is 8.71. The van der Waals surface area contributed by atoms with Gasteiger partial charge < -0.3 is 20.2 Å². The molecule has 0 spiro atoms. The average molecular weight is 357 g/mol. The third-order valence-electron chi connectivity index (χ3n) is 4.32. The minimum Gasteiger partial charge on any atom is -0.361 e. The number of aryl methyl sites for hydroxylation is 1. The quantitative estimate of drug-likeness (QED) is 0.466. The van der Waals surface area contributed by atoms with Crippen LogP contribution in [0.25, 0.3) is 10.9 Å². The Morgan fingerprint density at radius 3 is 2.88 bits per heavy atom. The molecule has 0 atom stereocenters. The fourth-order valence-electron chi connectivity index (χ4n) is 2.76. The molecule has 3 N–H and O–H groups in total. The summed E-state index contributed by atoms with van der Waals surface area (Å²) in [6.07, 6.45) is 2.73. The van der Waals surface area contributed by atoms with E-state index in [1.807, 2.05) is 37.7 Å². The monoisotopic (exact) mass is 357 g/mol. The molecule has 2 heterocycles. The SMILES string of the molecule is CCNC(=NCc1nnc(C)n1C)NCCc1c[nH]c2cc(F)ccc12. The highest BCUT2D eigenvalue weighted by atomic mass is 19.1. The largest absolute Gasteiger partial charge is 0.361 e. The topological polar surface area (TPSA) is 82.9 Å². The molecule has 7 nitrogen and oxygen atoms in total. The van der Waals surface area contributed by atoms with E-state index in [1.165, 1.54) is 12.1 Å². The molecule has 26 heavy (non-hydrogen) atoms. The van der Waals surface area contributed by atoms with Crippen molar-refractivity contribution < 1.29 is 4.39 Å². The van der Waals surface area contributed by atoms with Gasteiger partial charge in [0.2, 0.25) is 0 Å². The number of fused-ring (bicyclic) bond motifs is 1. The van der Waals surface area contributed by atoms with Gasteiger partial charge in [-0.25, -0.2) is 9.38 Å². The van der Waals surface area contributed by atoms with Crippen LogP contribution in [0.4, 0.5) is 4.39 Å². The number of guanidine groups is 1. The molecule has 3 aromatic rings. The van der Waals surface area contributed by atoms with Gasteiger partial charge in [0.25, 0.3) is 0 Å². The smallest absolute Gasteiger partial charge is 0.191 e. The van der Waals surface area contributed by atoms with E-state index in [0.717, 1.165) is 47.0 Å². The molecule has 0 unspecified atom stereocenters. The summed E-state index contributed by atoms with van der Waals surface area (Å²) in [7, 11) is 1.93. The Morgan fingerprint density at radius 1 is 1.31 bits per heavy atom. The van der Waals surface area contributed by atoms with E-state index in [4.69, 9.17) is 0 Å². The third-order valence-corrected chi connectivity index (χ3v) is 4.32. The first kappa shape index (κ1) is 17.9. The maximum absolute atomic E-state index is 13.3. The molecule has 0 amide bonds. The van der Waals surface area contributed by atoms with Gasteiger partial charge in [-0.05, 0) is 44.0 Å². The maximum Gasteiger partial charge on any atom is 0.191 e. The van der Waals surface area contributed by atoms with Crippen molar-refractivity contribution in [2.75, 3.05) is 13.1 Å². The summed E-state index contributed by atoms with van der Waals surface area (Å²) in [4.78, 5) is 7.68. The van der Waals surface area contributed by atoms with Gasteiger partial charge >= 0.3 is 0 Å². The van der Waals surface area contributed by atoms with Crippen LogP contribution in [0.5, 0.6) is 0 Å². The molecule has 0 saturated heterocycles. The predicted molar refractivity (Wildman–Crippen MR) is 101 cm³/mol. The fraction of sp³-hybridized carbons (Fsp3) is 0.389. The molecule has 0 bridgehead atoms. The van der Waals surface area contributed by atoms with Crippen molar-refractivity contribution >= 4 is 16.9 Å². The number of nitrogens with one attached hydrogen (secondary N) is 3. The van der Waals surface area contributed by atoms with E-state index in [9.17, 15) is 4.39 Å². The van der Waals surface area contributed by atoms with Crippen molar-refractivity contribution in [2.45, 2.75) is 26.8 Å². The molecule has 8 heteroatoms. The first-order chi connectivity index (χ1) is 12.6. The van der Waals surface area contributed by atoms with Crippen LogP contribution in [-0.2, 0) is 20.0 Å². The van der Waals surface area contributed by atoms with Crippen LogP contribution in [0.2, 0.25) is 0 Å². The summed E-state index contributed by atoms with van der Waals surface area (Å²) in [6.45, 7) is 5.89. The molecule has 138 valence electrons. The van der Waals surface area contributed by atoms with Crippen LogP contribution >= 0.6 is 0 Å². The molecule has 0 aliphatic heterocycles. The van der Waals surface area contributed by atoms with Crippen LogP contribution in [0.15, 0.2) is 29.4 Å². The van der Waals surface area contributed by atoms with Crippen LogP contribution in [0.1, 0.15) is 24.1 Å². The van der Waals surface area contributed by atoms with Crippen LogP contribution in [-0.4, -0.2) is 38.8 Å². The van der Waals surface area contributed by atoms with Crippen molar-refractivity contribution in [3.8, 4) is 0 Å². The van der Waals surface area contributed by atoms with Gasteiger partial charge in [-0.1, -0.05) is 0 Å². The second-order valence-corrected chi connectivity index (χ2v) is 6.10. The lowest BCUT2D eigenvalue weighted by atomic mass is 10.1. The lowest BCUT2D eigenvalue weighted by Crippen LogP contribution is -2.38. The average Bonchev–Trinajstić information content (AvgIpc) is 3.16. The van der Waals surface area contributed by atoms with Gasteiger partial charge in [-0.2, -0.15) is 0 Å². The van der Waals surface area contributed by atoms with Crippen molar-refractivity contribution in [3.05, 3.63) is 47.4 Å². The number of aromatic nitrogens is 4. The number of rotatable bonds is 6. The van der Waals surface area contributed by atoms with E-state index >= 15 is 0 Å². The van der Waals surface area contributed by atoms with Crippen molar-refractivity contribution in [3.63, 3.8) is 0 Å². The Kier molecular flexibility index (Phi) is 5.50. The molecular formula is C18H24FN7. The van der Waals surface area contributed by atoms with Crippen molar-refractivity contribution in [2.24, 2.45) is 12.0 Å². The number of H-pyrrole nitrogens is 1. The molecule has 0 fully saturated rings. The second kappa shape index (κ2) is 7.99. The number of nitrogens with zero attached hydrogens (tertiary/aromatic N) is 4. The van der Waals surface area contributed by atoms with E-state index in [-0.39, 0.29) is 5.82 Å². The van der Waals surface area contributed by atoms with E-state index in [2.05, 4.69) is 30.8 Å². The van der Waals surface area contributed by atoms with E-state index < -0.39 is 0 Å². The van der Waals surface area contributed by atoms with Crippen molar-refractivity contribution in [1.29, 1.82) is 0 Å². The standard InChI is InChI=1S/C18H24FN7/c1-4-20-18(23-11-17-25-24-12(2)26(17)3)21-8-7-13-10-22-16-9-14(19)5-6-15(13)16/h5-6,9-10,22H,4,7-8,11H2,1-3H3,(H2,20,21,23). The summed E-state index contributed by atoms with van der Waals surface area (Å²) in [6, 6.07) is 4.81. The van der Waals surface area contributed by atoms with Crippen LogP contribution in [0.3, 0.4) is 0 Å². The highest BCUT2D eigenvalue weighted by Crippen LogP contribution is 2.19. The molecule has 0 aliphatic rings. The van der Waals surface area contributed by atoms with E-state index in [1.54, 1.807) is 0 Å². The number of aromatic amines is 1. The van der Waals surface area contributed by atoms with Crippen molar-refractivity contribution in [1.82, 2.24) is 30.4 Å². The molecule has 3 rings (SSSR count). The molecule has 0 radical (unpaired) electrons. The van der Waals surface area contributed by atoms with Gasteiger partial charge in [0.05, 0.1) is 0 Å². The van der Waals surface area contributed by atoms with Gasteiger partial charge in [0.1, 0.15) is 18.2 Å². The lowest BCUT2D eigenvalue weighted by Gasteiger charge is -2.11. The minimum atomic E-state index is -0.232. The Bertz CT molecular complexity index is 910. The summed E-state index contributed by atoms with van der Waals surface area (Å²) in [5.41, 5.74) is 1.96. The van der Waals surface area contributed by atoms with Crippen LogP contribution in [0, 0.1) is 12.7 Å². The number of hydrogen-bond donors (Lipinski definition) is 3. The third kappa shape index (κ3) is 4.01. The fourth-order valence-corrected chi connectivity index (χ4v) is 2.76. The van der Waals surface area contributed by atoms with E-state index in [0.29, 0.717) is 13.1 Å². The van der Waals surface area contributed by atoms with Gasteiger partial charge in [-0.15, -0.1) is 10.2 Å². The zero-order valence-electron chi connectivity index (χ0n) is 15.3. The molecule has 1 aromatic carbocycles. The Morgan fingerprint density at radius 2 is 2.15 bits per heavy atom. The second-order valence-electron chi connectivity index (χ2n) is 6.10. The molecule has 2 aromatic heterocycles. The van der Waals surface area contributed by atoms with Gasteiger partial charge in [0, 0.05) is 37.2 Å². The Labute approximate surface area is 151 Å². The highest BCUT2D eigenvalue weighted by molar-refractivity contribution is 5.83. The first-order valence-electron chi connectivity index (χ1n) is 8.71. The normalized spacial score (nSPS) is 11.9. The minimum absolute atomic E-state index is 0.232. The van der Waals surface area contributed by atoms with Gasteiger partial charge in [0.15, 0.2) is 11.8 Å². The summed E-state index contributed by atoms with van der Waals surface area (Å²) < 4.78 is 15.2. The predicted octanol–water partition coefficient (Wildman–Crippen LogP) is 2.04. The molecular weight excluding hydrogens is 333 g/mol. The Balaban J connectivity index is 1.61. The zero-order valence-corrected chi connectivity index (χ0v) is 15.3. The summed E-state index contributed by atoms with van der Waals surface area (Å²) >= 11 is 0. The molecule has 0 aliphatic carbocycles.